The Labute approximate surface area is 129 Å². The zero-order chi connectivity index (χ0) is 16.4. The van der Waals surface area contributed by atoms with Crippen LogP contribution in [0.15, 0.2) is 36.4 Å². The zero-order valence-corrected chi connectivity index (χ0v) is 11.8. The van der Waals surface area contributed by atoms with Gasteiger partial charge in [0, 0.05) is 0 Å². The van der Waals surface area contributed by atoms with E-state index in [0.717, 1.165) is 23.5 Å². The molecule has 4 rings (SSSR count). The van der Waals surface area contributed by atoms with E-state index >= 15 is 0 Å². The molecule has 0 unspecified atom stereocenters. The highest BCUT2D eigenvalue weighted by Gasteiger charge is 2.59. The Morgan fingerprint density at radius 1 is 0.957 bits per heavy atom. The summed E-state index contributed by atoms with van der Waals surface area (Å²) < 4.78 is 40.3. The first-order valence-corrected chi connectivity index (χ1v) is 7.27. The van der Waals surface area contributed by atoms with Gasteiger partial charge >= 0.3 is 6.36 Å². The van der Waals surface area contributed by atoms with Crippen molar-refractivity contribution in [1.82, 2.24) is 0 Å². The second kappa shape index (κ2) is 4.59. The fourth-order valence-corrected chi connectivity index (χ4v) is 3.95. The fourth-order valence-electron chi connectivity index (χ4n) is 3.95. The quantitative estimate of drug-likeness (QED) is 0.621. The highest BCUT2D eigenvalue weighted by Crippen LogP contribution is 2.53. The molecule has 1 aromatic rings. The first-order chi connectivity index (χ1) is 10.8. The van der Waals surface area contributed by atoms with Crippen LogP contribution in [0.5, 0.6) is 5.75 Å². The number of rotatable bonds is 2. The van der Waals surface area contributed by atoms with Crippen LogP contribution in [0.4, 0.5) is 18.9 Å². The number of allylic oxidation sites excluding steroid dienone is 2. The molecule has 2 aliphatic carbocycles. The van der Waals surface area contributed by atoms with Gasteiger partial charge in [-0.05, 0) is 42.5 Å². The van der Waals surface area contributed by atoms with Crippen LogP contribution in [0.2, 0.25) is 0 Å². The number of imide groups is 1. The van der Waals surface area contributed by atoms with Crippen LogP contribution < -0.4 is 9.64 Å². The van der Waals surface area contributed by atoms with E-state index in [0.29, 0.717) is 0 Å². The van der Waals surface area contributed by atoms with E-state index in [2.05, 4.69) is 4.74 Å². The van der Waals surface area contributed by atoms with Crippen LogP contribution in [-0.4, -0.2) is 18.2 Å². The summed E-state index contributed by atoms with van der Waals surface area (Å²) >= 11 is 0. The molecule has 1 aliphatic heterocycles. The van der Waals surface area contributed by atoms with Crippen molar-refractivity contribution in [3.05, 3.63) is 36.4 Å². The summed E-state index contributed by atoms with van der Waals surface area (Å²) in [5.74, 6) is -1.38. The number of carbonyl (C=O) groups is 2. The van der Waals surface area contributed by atoms with Gasteiger partial charge in [-0.2, -0.15) is 0 Å². The number of anilines is 1. The van der Waals surface area contributed by atoms with E-state index < -0.39 is 6.36 Å². The van der Waals surface area contributed by atoms with E-state index in [4.69, 9.17) is 0 Å². The van der Waals surface area contributed by atoms with Crippen molar-refractivity contribution < 1.29 is 27.5 Å². The van der Waals surface area contributed by atoms with Crippen LogP contribution in [0.1, 0.15) is 6.42 Å². The van der Waals surface area contributed by atoms with Crippen LogP contribution in [0, 0.1) is 23.7 Å². The van der Waals surface area contributed by atoms with Crippen LogP contribution >= 0.6 is 0 Å². The number of amides is 2. The minimum absolute atomic E-state index is 0.0966. The number of benzene rings is 1. The van der Waals surface area contributed by atoms with E-state index in [-0.39, 0.29) is 46.9 Å². The van der Waals surface area contributed by atoms with Gasteiger partial charge in [0.2, 0.25) is 11.8 Å². The molecular formula is C16H12F3NO3. The van der Waals surface area contributed by atoms with Gasteiger partial charge in [0.25, 0.3) is 0 Å². The summed E-state index contributed by atoms with van der Waals surface area (Å²) in [5, 5.41) is 0. The molecule has 1 saturated carbocycles. The summed E-state index contributed by atoms with van der Waals surface area (Å²) in [6.07, 6.45) is 0.0310. The Morgan fingerprint density at radius 2 is 1.48 bits per heavy atom. The number of fused-ring (bicyclic) bond motifs is 5. The fraction of sp³-hybridized carbons (Fsp3) is 0.375. The molecule has 3 aliphatic rings. The van der Waals surface area contributed by atoms with Gasteiger partial charge < -0.3 is 4.74 Å². The SMILES string of the molecule is O=C1[C@@H]2[C@H](C(=O)N1c1ccc(OC(F)(F)F)cc1)[C@H]1C=C[C@@H]2C1. The van der Waals surface area contributed by atoms with Crippen molar-refractivity contribution >= 4 is 17.5 Å². The molecule has 0 N–H and O–H groups in total. The predicted molar refractivity (Wildman–Crippen MR) is 73.3 cm³/mol. The largest absolute Gasteiger partial charge is 0.573 e. The van der Waals surface area contributed by atoms with Gasteiger partial charge in [0.15, 0.2) is 0 Å². The van der Waals surface area contributed by atoms with Crippen LogP contribution in [0.3, 0.4) is 0 Å². The van der Waals surface area contributed by atoms with Gasteiger partial charge in [-0.15, -0.1) is 13.2 Å². The molecule has 23 heavy (non-hydrogen) atoms. The van der Waals surface area contributed by atoms with E-state index in [9.17, 15) is 22.8 Å². The van der Waals surface area contributed by atoms with Crippen molar-refractivity contribution in [3.8, 4) is 5.75 Å². The number of hydrogen-bond donors (Lipinski definition) is 0. The lowest BCUT2D eigenvalue weighted by molar-refractivity contribution is -0.274. The molecule has 1 saturated heterocycles. The summed E-state index contributed by atoms with van der Waals surface area (Å²) in [4.78, 5) is 26.2. The van der Waals surface area contributed by atoms with Gasteiger partial charge in [0.1, 0.15) is 5.75 Å². The second-order valence-corrected chi connectivity index (χ2v) is 6.05. The van der Waals surface area contributed by atoms with Crippen molar-refractivity contribution in [1.29, 1.82) is 0 Å². The Hall–Kier alpha value is -2.31. The highest BCUT2D eigenvalue weighted by atomic mass is 19.4. The average Bonchev–Trinajstić information content (AvgIpc) is 3.13. The number of carbonyl (C=O) groups excluding carboxylic acids is 2. The van der Waals surface area contributed by atoms with Crippen LogP contribution in [0.25, 0.3) is 0 Å². The Balaban J connectivity index is 1.59. The van der Waals surface area contributed by atoms with Gasteiger partial charge in [0.05, 0.1) is 17.5 Å². The third kappa shape index (κ3) is 2.14. The maximum absolute atomic E-state index is 12.6. The Kier molecular flexibility index (Phi) is 2.86. The maximum atomic E-state index is 12.6. The molecule has 1 aromatic carbocycles. The first-order valence-electron chi connectivity index (χ1n) is 7.27. The van der Waals surface area contributed by atoms with E-state index in [1.54, 1.807) is 0 Å². The smallest absolute Gasteiger partial charge is 0.406 e. The number of hydrogen-bond acceptors (Lipinski definition) is 3. The topological polar surface area (TPSA) is 46.6 Å². The lowest BCUT2D eigenvalue weighted by Gasteiger charge is -2.18. The third-order valence-electron chi connectivity index (χ3n) is 4.80. The van der Waals surface area contributed by atoms with Gasteiger partial charge in [-0.25, -0.2) is 0 Å². The monoisotopic (exact) mass is 323 g/mol. The lowest BCUT2D eigenvalue weighted by Crippen LogP contribution is -2.32. The second-order valence-electron chi connectivity index (χ2n) is 6.05. The van der Waals surface area contributed by atoms with Crippen molar-refractivity contribution in [2.75, 3.05) is 4.90 Å². The van der Waals surface area contributed by atoms with Gasteiger partial charge in [-0.3, -0.25) is 14.5 Å². The number of halogens is 3. The average molecular weight is 323 g/mol. The standard InChI is InChI=1S/C16H12F3NO3/c17-16(18,19)23-11-5-3-10(4-6-11)20-14(21)12-8-1-2-9(7-8)13(12)15(20)22/h1-6,8-9,12-13H,7H2/t8-,9+,12+,13-. The van der Waals surface area contributed by atoms with Crippen LogP contribution in [-0.2, 0) is 9.59 Å². The first kappa shape index (κ1) is 14.3. The molecule has 2 bridgehead atoms. The number of ether oxygens (including phenoxy) is 1. The highest BCUT2D eigenvalue weighted by molar-refractivity contribution is 6.22. The maximum Gasteiger partial charge on any atom is 0.573 e. The summed E-state index contributed by atoms with van der Waals surface area (Å²) in [6.45, 7) is 0. The summed E-state index contributed by atoms with van der Waals surface area (Å²) in [6, 6.07) is 4.80. The predicted octanol–water partition coefficient (Wildman–Crippen LogP) is 2.90. The minimum atomic E-state index is -4.78. The third-order valence-corrected chi connectivity index (χ3v) is 4.80. The molecule has 0 aromatic heterocycles. The van der Waals surface area contributed by atoms with Gasteiger partial charge in [-0.1, -0.05) is 12.2 Å². The van der Waals surface area contributed by atoms with Crippen molar-refractivity contribution in [2.24, 2.45) is 23.7 Å². The zero-order valence-electron chi connectivity index (χ0n) is 11.8. The molecule has 120 valence electrons. The Morgan fingerprint density at radius 3 is 1.96 bits per heavy atom. The van der Waals surface area contributed by atoms with Crippen molar-refractivity contribution in [3.63, 3.8) is 0 Å². The molecule has 0 radical (unpaired) electrons. The molecule has 7 heteroatoms. The summed E-state index contributed by atoms with van der Waals surface area (Å²) in [7, 11) is 0. The Bertz CT molecular complexity index is 680. The van der Waals surface area contributed by atoms with Crippen molar-refractivity contribution in [2.45, 2.75) is 12.8 Å². The lowest BCUT2D eigenvalue weighted by atomic mass is 9.85. The molecule has 4 atom stereocenters. The normalized spacial score (nSPS) is 31.9. The van der Waals surface area contributed by atoms with E-state index in [1.165, 1.54) is 12.1 Å². The molecule has 0 spiro atoms. The molecule has 2 fully saturated rings. The minimum Gasteiger partial charge on any atom is -0.406 e. The molecular weight excluding hydrogens is 311 g/mol. The summed E-state index contributed by atoms with van der Waals surface area (Å²) in [5.41, 5.74) is 0.281. The molecule has 4 nitrogen and oxygen atoms in total. The number of nitrogens with zero attached hydrogens (tertiary/aromatic N) is 1. The molecule has 2 amide bonds. The number of alkyl halides is 3. The molecule has 1 heterocycles. The van der Waals surface area contributed by atoms with E-state index in [1.807, 2.05) is 12.2 Å².